The monoisotopic (exact) mass is 948 g/mol. The first-order valence-electron chi connectivity index (χ1n) is 14.8. The van der Waals surface area contributed by atoms with E-state index in [0.29, 0.717) is 0 Å². The van der Waals surface area contributed by atoms with E-state index in [2.05, 4.69) is 144 Å². The van der Waals surface area contributed by atoms with Crippen molar-refractivity contribution in [2.45, 2.75) is 13.3 Å². The first kappa shape index (κ1) is 39.1. The van der Waals surface area contributed by atoms with Crippen molar-refractivity contribution in [3.05, 3.63) is 193 Å². The SMILES string of the molecule is [B]c1ccc(-c2ccc(C(/C=C/N(/C=C/C=C\C=C/C)C3=CC=CC=CC3)=C/C(=C)N(c3ccccc3)c3ccccc3)s2)s1.[Ho].[Ho]. The number of benzene rings is 2. The maximum Gasteiger partial charge on any atom is 0.128 e. The van der Waals surface area contributed by atoms with E-state index >= 15 is 0 Å². The van der Waals surface area contributed by atoms with Crippen molar-refractivity contribution in [1.82, 2.24) is 4.90 Å². The van der Waals surface area contributed by atoms with Gasteiger partial charge in [0.2, 0.25) is 0 Å². The molecule has 2 aromatic heterocycles. The third-order valence-corrected chi connectivity index (χ3v) is 9.14. The summed E-state index contributed by atoms with van der Waals surface area (Å²) in [7, 11) is 6.07. The van der Waals surface area contributed by atoms with Crippen LogP contribution in [0.5, 0.6) is 0 Å². The predicted molar refractivity (Wildman–Crippen MR) is 200 cm³/mol. The van der Waals surface area contributed by atoms with E-state index in [1.54, 1.807) is 22.7 Å². The van der Waals surface area contributed by atoms with Crippen LogP contribution in [-0.2, 0) is 0 Å². The van der Waals surface area contributed by atoms with Crippen molar-refractivity contribution >= 4 is 52.2 Å². The molecule has 0 aliphatic heterocycles. The van der Waals surface area contributed by atoms with Crippen LogP contribution in [0.25, 0.3) is 15.3 Å². The predicted octanol–water partition coefficient (Wildman–Crippen LogP) is 10.9. The molecule has 1 aliphatic rings. The van der Waals surface area contributed by atoms with Crippen LogP contribution in [0.2, 0.25) is 0 Å². The molecule has 0 bridgehead atoms. The van der Waals surface area contributed by atoms with E-state index < -0.39 is 0 Å². The first-order valence-corrected chi connectivity index (χ1v) is 16.5. The molecule has 7 heteroatoms. The quantitative estimate of drug-likeness (QED) is 0.103. The van der Waals surface area contributed by atoms with E-state index in [9.17, 15) is 0 Å². The summed E-state index contributed by atoms with van der Waals surface area (Å²) < 4.78 is 0.816. The molecule has 2 nitrogen and oxygen atoms in total. The molecule has 2 aromatic carbocycles. The molecule has 0 amide bonds. The summed E-state index contributed by atoms with van der Waals surface area (Å²) in [5, 5.41) is 0. The Bertz CT molecular complexity index is 1780. The van der Waals surface area contributed by atoms with E-state index in [1.807, 2.05) is 49.4 Å². The topological polar surface area (TPSA) is 6.48 Å². The number of para-hydroxylation sites is 2. The molecule has 0 saturated carbocycles. The van der Waals surface area contributed by atoms with Crippen LogP contribution in [0, 0.1) is 75.5 Å². The van der Waals surface area contributed by atoms with Crippen LogP contribution in [0.3, 0.4) is 0 Å². The van der Waals surface area contributed by atoms with Crippen molar-refractivity contribution in [2.75, 3.05) is 4.90 Å². The van der Waals surface area contributed by atoms with E-state index in [4.69, 9.17) is 7.85 Å². The minimum Gasteiger partial charge on any atom is -0.327 e. The van der Waals surface area contributed by atoms with Crippen LogP contribution in [0.15, 0.2) is 188 Å². The molecular formula is C40H35BHo2N2S2. The minimum atomic E-state index is 0. The number of thiophene rings is 2. The van der Waals surface area contributed by atoms with Crippen molar-refractivity contribution in [2.24, 2.45) is 0 Å². The summed E-state index contributed by atoms with van der Waals surface area (Å²) in [4.78, 5) is 7.86. The minimum absolute atomic E-state index is 0. The number of nitrogens with zero attached hydrogens (tertiary/aromatic N) is 2. The summed E-state index contributed by atoms with van der Waals surface area (Å²) in [5.41, 5.74) is 5.18. The summed E-state index contributed by atoms with van der Waals surface area (Å²) >= 11 is 3.36. The van der Waals surface area contributed by atoms with Crippen molar-refractivity contribution in [3.63, 3.8) is 0 Å². The van der Waals surface area contributed by atoms with Gasteiger partial charge in [-0.25, -0.2) is 0 Å². The maximum atomic E-state index is 6.07. The van der Waals surface area contributed by atoms with Gasteiger partial charge in [0, 0.05) is 132 Å². The second-order valence-corrected chi connectivity index (χ2v) is 12.3. The summed E-state index contributed by atoms with van der Waals surface area (Å²) in [5.74, 6) is 0. The van der Waals surface area contributed by atoms with E-state index in [1.165, 1.54) is 15.5 Å². The smallest absolute Gasteiger partial charge is 0.128 e. The van der Waals surface area contributed by atoms with E-state index in [-0.39, 0.29) is 75.5 Å². The maximum absolute atomic E-state index is 6.07. The molecule has 0 unspecified atom stereocenters. The number of anilines is 2. The molecule has 242 valence electrons. The van der Waals surface area contributed by atoms with Gasteiger partial charge in [0.25, 0.3) is 0 Å². The fraction of sp³-hybridized carbons (Fsp3) is 0.0500. The fourth-order valence-corrected chi connectivity index (χ4v) is 6.60. The van der Waals surface area contributed by atoms with Crippen molar-refractivity contribution < 1.29 is 75.5 Å². The van der Waals surface area contributed by atoms with Gasteiger partial charge in [-0.2, -0.15) is 11.3 Å². The summed E-state index contributed by atoms with van der Waals surface area (Å²) in [6.45, 7) is 6.60. The van der Waals surface area contributed by atoms with Gasteiger partial charge >= 0.3 is 0 Å². The Kier molecular flexibility index (Phi) is 17.4. The van der Waals surface area contributed by atoms with Crippen molar-refractivity contribution in [3.8, 4) is 9.75 Å². The second kappa shape index (κ2) is 20.9. The molecule has 0 saturated heterocycles. The van der Waals surface area contributed by atoms with E-state index in [0.717, 1.165) is 38.7 Å². The fourth-order valence-electron chi connectivity index (χ4n) is 4.73. The van der Waals surface area contributed by atoms with Gasteiger partial charge in [-0.1, -0.05) is 97.7 Å². The van der Waals surface area contributed by atoms with Crippen molar-refractivity contribution in [1.29, 1.82) is 0 Å². The molecule has 4 radical (unpaired) electrons. The van der Waals surface area contributed by atoms with Gasteiger partial charge in [0.05, 0.1) is 0 Å². The average molecular weight is 949 g/mol. The zero-order chi connectivity index (χ0) is 31.3. The summed E-state index contributed by atoms with van der Waals surface area (Å²) in [6, 6.07) is 29.1. The van der Waals surface area contributed by atoms with Gasteiger partial charge < -0.3 is 9.80 Å². The second-order valence-electron chi connectivity index (χ2n) is 10.1. The number of hydrogen-bond acceptors (Lipinski definition) is 4. The molecule has 0 atom stereocenters. The molecule has 0 fully saturated rings. The van der Waals surface area contributed by atoms with Gasteiger partial charge in [0.15, 0.2) is 0 Å². The molecule has 0 N–H and O–H groups in total. The van der Waals surface area contributed by atoms with Crippen LogP contribution in [0.1, 0.15) is 18.2 Å². The standard InChI is InChI=1S/C40H35BN2S2.2Ho/c1-3-4-5-8-17-29-42(34-18-11-6-7-12-19-34)30-28-33(37-24-25-38(44-37)39-26-27-40(41)45-39)31-32(2)43(35-20-13-9-14-21-35)36-22-15-10-16-23-36;;/h3-18,20-31H,2,19H2,1H3;;/b4-3-,8-5-,29-17+,30-28+,33-31+;;. The third-order valence-electron chi connectivity index (χ3n) is 6.89. The zero-order valence-electron chi connectivity index (χ0n) is 26.0. The van der Waals surface area contributed by atoms with Gasteiger partial charge in [-0.15, -0.1) is 11.3 Å². The van der Waals surface area contributed by atoms with Crippen LogP contribution in [0.4, 0.5) is 11.4 Å². The third kappa shape index (κ3) is 11.7. The molecule has 47 heavy (non-hydrogen) atoms. The zero-order valence-corrected chi connectivity index (χ0v) is 31.5. The van der Waals surface area contributed by atoms with Crippen LogP contribution in [-0.4, -0.2) is 12.7 Å². The van der Waals surface area contributed by atoms with Crippen LogP contribution >= 0.6 is 22.7 Å². The molecule has 4 aromatic rings. The molecular weight excluding hydrogens is 913 g/mol. The Morgan fingerprint density at radius 2 is 1.40 bits per heavy atom. The van der Waals surface area contributed by atoms with Gasteiger partial charge in [-0.3, -0.25) is 0 Å². The van der Waals surface area contributed by atoms with Crippen LogP contribution < -0.4 is 9.68 Å². The molecule has 0 spiro atoms. The number of rotatable bonds is 12. The van der Waals surface area contributed by atoms with Gasteiger partial charge in [0.1, 0.15) is 7.85 Å². The Hall–Kier alpha value is -2.32. The Labute approximate surface area is 349 Å². The summed E-state index contributed by atoms with van der Waals surface area (Å²) in [6.07, 6.45) is 30.1. The van der Waals surface area contributed by atoms with Gasteiger partial charge in [-0.05, 0) is 84.0 Å². The first-order chi connectivity index (χ1) is 22.1. The molecule has 2 heterocycles. The largest absolute Gasteiger partial charge is 0.327 e. The normalized spacial score (nSPS) is 13.1. The average Bonchev–Trinajstić information content (AvgIpc) is 3.64. The number of allylic oxidation sites excluding steroid dienone is 13. The number of hydrogen-bond donors (Lipinski definition) is 0. The Morgan fingerprint density at radius 3 is 2.06 bits per heavy atom. The Morgan fingerprint density at radius 1 is 0.745 bits per heavy atom. The molecule has 1 aliphatic carbocycles. The Balaban J connectivity index is 0.00000300. The molecule has 5 rings (SSSR count).